The van der Waals surface area contributed by atoms with Crippen molar-refractivity contribution < 1.29 is 14.0 Å². The average molecular weight is 306 g/mol. The van der Waals surface area contributed by atoms with Gasteiger partial charge >= 0.3 is 0 Å². The molecular formula is C17H23FN2O2. The molecule has 0 aromatic heterocycles. The van der Waals surface area contributed by atoms with Crippen molar-refractivity contribution in [3.8, 4) is 0 Å². The zero-order valence-corrected chi connectivity index (χ0v) is 12.8. The number of carbonyl (C=O) groups excluding carboxylic acids is 2. The van der Waals surface area contributed by atoms with Crippen LogP contribution in [-0.2, 0) is 16.0 Å². The molecule has 22 heavy (non-hydrogen) atoms. The monoisotopic (exact) mass is 306 g/mol. The molecule has 120 valence electrons. The highest BCUT2D eigenvalue weighted by molar-refractivity contribution is 5.80. The number of hydrogen-bond donors (Lipinski definition) is 2. The maximum atomic E-state index is 12.9. The molecule has 1 aromatic rings. The Morgan fingerprint density at radius 2 is 1.95 bits per heavy atom. The predicted molar refractivity (Wildman–Crippen MR) is 82.3 cm³/mol. The summed E-state index contributed by atoms with van der Waals surface area (Å²) in [5, 5.41) is 2.80. The Balaban J connectivity index is 1.81. The largest absolute Gasteiger partial charge is 0.369 e. The maximum absolute atomic E-state index is 12.9. The Hall–Kier alpha value is -1.91. The first-order valence-corrected chi connectivity index (χ1v) is 7.76. The van der Waals surface area contributed by atoms with Crippen LogP contribution < -0.4 is 11.1 Å². The van der Waals surface area contributed by atoms with Crippen molar-refractivity contribution in [1.29, 1.82) is 0 Å². The van der Waals surface area contributed by atoms with E-state index in [2.05, 4.69) is 12.2 Å². The van der Waals surface area contributed by atoms with Gasteiger partial charge in [0.05, 0.1) is 5.92 Å². The van der Waals surface area contributed by atoms with E-state index in [1.807, 2.05) is 0 Å². The Labute approximate surface area is 130 Å². The number of rotatable bonds is 8. The molecule has 0 aliphatic heterocycles. The highest BCUT2D eigenvalue weighted by Crippen LogP contribution is 2.38. The van der Waals surface area contributed by atoms with E-state index in [9.17, 15) is 14.0 Å². The van der Waals surface area contributed by atoms with Gasteiger partial charge in [0.25, 0.3) is 0 Å². The number of amides is 2. The maximum Gasteiger partial charge on any atom is 0.222 e. The van der Waals surface area contributed by atoms with E-state index in [0.717, 1.165) is 5.56 Å². The van der Waals surface area contributed by atoms with Gasteiger partial charge in [-0.05, 0) is 48.8 Å². The fourth-order valence-corrected chi connectivity index (χ4v) is 2.61. The molecule has 0 bridgehead atoms. The van der Waals surface area contributed by atoms with Crippen LogP contribution in [0.1, 0.15) is 31.7 Å². The molecule has 2 atom stereocenters. The molecule has 1 saturated carbocycles. The van der Waals surface area contributed by atoms with E-state index in [4.69, 9.17) is 5.73 Å². The molecule has 1 fully saturated rings. The number of halogens is 1. The van der Waals surface area contributed by atoms with Crippen LogP contribution in [0, 0.1) is 23.6 Å². The summed E-state index contributed by atoms with van der Waals surface area (Å²) in [5.74, 6) is -0.224. The van der Waals surface area contributed by atoms with Gasteiger partial charge < -0.3 is 11.1 Å². The van der Waals surface area contributed by atoms with E-state index in [1.54, 1.807) is 12.1 Å². The fourth-order valence-electron chi connectivity index (χ4n) is 2.61. The van der Waals surface area contributed by atoms with E-state index in [-0.39, 0.29) is 18.3 Å². The van der Waals surface area contributed by atoms with Crippen LogP contribution >= 0.6 is 0 Å². The number of nitrogens with one attached hydrogen (secondary N) is 1. The summed E-state index contributed by atoms with van der Waals surface area (Å²) in [4.78, 5) is 23.4. The third-order valence-corrected chi connectivity index (χ3v) is 4.28. The average Bonchev–Trinajstić information content (AvgIpc) is 3.29. The minimum absolute atomic E-state index is 0.0373. The quantitative estimate of drug-likeness (QED) is 0.771. The zero-order valence-electron chi connectivity index (χ0n) is 12.8. The Kier molecular flexibility index (Phi) is 5.52. The van der Waals surface area contributed by atoms with Gasteiger partial charge in [0.2, 0.25) is 11.8 Å². The lowest BCUT2D eigenvalue weighted by Gasteiger charge is -2.16. The molecule has 4 nitrogen and oxygen atoms in total. The van der Waals surface area contributed by atoms with E-state index in [0.29, 0.717) is 24.7 Å². The van der Waals surface area contributed by atoms with Gasteiger partial charge in [-0.2, -0.15) is 0 Å². The summed E-state index contributed by atoms with van der Waals surface area (Å²) >= 11 is 0. The standard InChI is InChI=1S/C17H23FN2O2/c1-11(13-4-5-13)8-16(21)20-10-14(17(19)22)9-12-2-6-15(18)7-3-12/h2-3,6-7,11,13-14H,4-5,8-10H2,1H3,(H2,19,22)(H,20,21)/t11-,14+/m1/s1. The van der Waals surface area contributed by atoms with Crippen molar-refractivity contribution >= 4 is 11.8 Å². The number of nitrogens with two attached hydrogens (primary N) is 1. The molecule has 5 heteroatoms. The molecule has 2 rings (SSSR count). The summed E-state index contributed by atoms with van der Waals surface area (Å²) in [6.07, 6.45) is 3.31. The molecule has 0 unspecified atom stereocenters. The number of carbonyl (C=O) groups is 2. The first kappa shape index (κ1) is 16.5. The van der Waals surface area contributed by atoms with Crippen molar-refractivity contribution in [3.63, 3.8) is 0 Å². The van der Waals surface area contributed by atoms with E-state index < -0.39 is 11.8 Å². The van der Waals surface area contributed by atoms with Crippen molar-refractivity contribution in [2.24, 2.45) is 23.5 Å². The van der Waals surface area contributed by atoms with Gasteiger partial charge in [-0.1, -0.05) is 19.1 Å². The second kappa shape index (κ2) is 7.38. The Morgan fingerprint density at radius 1 is 1.32 bits per heavy atom. The first-order chi connectivity index (χ1) is 10.5. The van der Waals surface area contributed by atoms with Crippen molar-refractivity contribution in [1.82, 2.24) is 5.32 Å². The first-order valence-electron chi connectivity index (χ1n) is 7.76. The van der Waals surface area contributed by atoms with Gasteiger partial charge in [-0.3, -0.25) is 9.59 Å². The van der Waals surface area contributed by atoms with Gasteiger partial charge in [0.15, 0.2) is 0 Å². The zero-order chi connectivity index (χ0) is 16.1. The second-order valence-electron chi connectivity index (χ2n) is 6.25. The third kappa shape index (κ3) is 5.13. The summed E-state index contributed by atoms with van der Waals surface area (Å²) in [7, 11) is 0. The van der Waals surface area contributed by atoms with Crippen LogP contribution in [0.15, 0.2) is 24.3 Å². The molecule has 0 radical (unpaired) electrons. The van der Waals surface area contributed by atoms with Crippen LogP contribution in [0.4, 0.5) is 4.39 Å². The lowest BCUT2D eigenvalue weighted by molar-refractivity contribution is -0.123. The highest BCUT2D eigenvalue weighted by Gasteiger charge is 2.29. The van der Waals surface area contributed by atoms with Gasteiger partial charge in [-0.25, -0.2) is 4.39 Å². The van der Waals surface area contributed by atoms with Crippen LogP contribution in [0.2, 0.25) is 0 Å². The molecule has 1 aromatic carbocycles. The molecule has 0 saturated heterocycles. The van der Waals surface area contributed by atoms with Crippen LogP contribution in [-0.4, -0.2) is 18.4 Å². The molecule has 1 aliphatic carbocycles. The topological polar surface area (TPSA) is 72.2 Å². The Bertz CT molecular complexity index is 526. The SMILES string of the molecule is C[C@H](CC(=O)NC[C@H](Cc1ccc(F)cc1)C(N)=O)C1CC1. The number of hydrogen-bond acceptors (Lipinski definition) is 2. The fraction of sp³-hybridized carbons (Fsp3) is 0.529. The van der Waals surface area contributed by atoms with Crippen LogP contribution in [0.3, 0.4) is 0 Å². The minimum atomic E-state index is -0.481. The number of benzene rings is 1. The lowest BCUT2D eigenvalue weighted by Crippen LogP contribution is -2.37. The molecular weight excluding hydrogens is 283 g/mol. The van der Waals surface area contributed by atoms with E-state index in [1.165, 1.54) is 25.0 Å². The molecule has 1 aliphatic rings. The van der Waals surface area contributed by atoms with Crippen LogP contribution in [0.25, 0.3) is 0 Å². The van der Waals surface area contributed by atoms with Crippen molar-refractivity contribution in [2.45, 2.75) is 32.6 Å². The van der Waals surface area contributed by atoms with Gasteiger partial charge in [0, 0.05) is 13.0 Å². The predicted octanol–water partition coefficient (Wildman–Crippen LogP) is 2.02. The molecule has 3 N–H and O–H groups in total. The molecule has 0 heterocycles. The Morgan fingerprint density at radius 3 is 2.50 bits per heavy atom. The minimum Gasteiger partial charge on any atom is -0.369 e. The second-order valence-corrected chi connectivity index (χ2v) is 6.25. The highest BCUT2D eigenvalue weighted by atomic mass is 19.1. The van der Waals surface area contributed by atoms with Crippen LogP contribution in [0.5, 0.6) is 0 Å². The smallest absolute Gasteiger partial charge is 0.222 e. The lowest BCUT2D eigenvalue weighted by atomic mass is 9.98. The number of primary amides is 1. The third-order valence-electron chi connectivity index (χ3n) is 4.28. The summed E-state index contributed by atoms with van der Waals surface area (Å²) < 4.78 is 12.9. The van der Waals surface area contributed by atoms with E-state index >= 15 is 0 Å². The van der Waals surface area contributed by atoms with Gasteiger partial charge in [-0.15, -0.1) is 0 Å². The normalized spacial score (nSPS) is 16.8. The molecule has 0 spiro atoms. The summed E-state index contributed by atoms with van der Waals surface area (Å²) in [5.41, 5.74) is 6.22. The van der Waals surface area contributed by atoms with Crippen molar-refractivity contribution in [2.75, 3.05) is 6.54 Å². The van der Waals surface area contributed by atoms with Crippen molar-refractivity contribution in [3.05, 3.63) is 35.6 Å². The van der Waals surface area contributed by atoms with Gasteiger partial charge in [0.1, 0.15) is 5.82 Å². The summed E-state index contributed by atoms with van der Waals surface area (Å²) in [6.45, 7) is 2.31. The molecule has 2 amide bonds. The summed E-state index contributed by atoms with van der Waals surface area (Å²) in [6, 6.07) is 5.96.